The molecule has 0 aliphatic heterocycles. The lowest BCUT2D eigenvalue weighted by Crippen LogP contribution is -2.59. The molecule has 13 N–H and O–H groups in total. The Morgan fingerprint density at radius 1 is 0.694 bits per heavy atom. The van der Waals surface area contributed by atoms with Gasteiger partial charge in [0, 0.05) is 6.42 Å². The van der Waals surface area contributed by atoms with Crippen LogP contribution in [0.25, 0.3) is 0 Å². The zero-order valence-corrected chi connectivity index (χ0v) is 28.7. The molecule has 0 saturated heterocycles. The maximum Gasteiger partial charge on any atom is 0.326 e. The number of carbonyl (C=O) groups excluding carboxylic acids is 6. The van der Waals surface area contributed by atoms with Crippen molar-refractivity contribution < 1.29 is 53.7 Å². The summed E-state index contributed by atoms with van der Waals surface area (Å²) in [5.74, 6) is -8.11. The number of nitrogens with one attached hydrogen (secondary N) is 6. The third-order valence-electron chi connectivity index (χ3n) is 7.67. The van der Waals surface area contributed by atoms with Crippen LogP contribution in [0.1, 0.15) is 73.1 Å². The van der Waals surface area contributed by atoms with Gasteiger partial charge in [-0.3, -0.25) is 33.6 Å². The summed E-state index contributed by atoms with van der Waals surface area (Å²) in [6, 6.07) is -7.44. The average Bonchev–Trinajstić information content (AvgIpc) is 3.04. The molecule has 0 aliphatic carbocycles. The van der Waals surface area contributed by atoms with Crippen LogP contribution in [0.3, 0.4) is 0 Å². The summed E-state index contributed by atoms with van der Waals surface area (Å²) in [6.45, 7) is 7.01. The fourth-order valence-electron chi connectivity index (χ4n) is 4.21. The molecule has 0 rings (SSSR count). The van der Waals surface area contributed by atoms with Gasteiger partial charge in [0.25, 0.3) is 0 Å². The number of nitrogens with two attached hydrogens (primary N) is 2. The maximum atomic E-state index is 13.0. The molecule has 19 nitrogen and oxygen atoms in total. The van der Waals surface area contributed by atoms with Crippen LogP contribution in [0.4, 0.5) is 0 Å². The third-order valence-corrected chi connectivity index (χ3v) is 7.67. The Bertz CT molecular complexity index is 1150. The Morgan fingerprint density at radius 2 is 1.31 bits per heavy atom. The predicted molar refractivity (Wildman–Crippen MR) is 175 cm³/mol. The van der Waals surface area contributed by atoms with E-state index < -0.39 is 103 Å². The first-order chi connectivity index (χ1) is 22.9. The van der Waals surface area contributed by atoms with E-state index in [1.165, 1.54) is 6.92 Å². The summed E-state index contributed by atoms with van der Waals surface area (Å²) in [7, 11) is 0. The van der Waals surface area contributed by atoms with E-state index >= 15 is 0 Å². The highest BCUT2D eigenvalue weighted by atomic mass is 16.4. The molecule has 49 heavy (non-hydrogen) atoms. The van der Waals surface area contributed by atoms with E-state index in [2.05, 4.69) is 31.9 Å². The maximum absolute atomic E-state index is 13.0. The number of carboxylic acids is 2. The SMILES string of the molecule is CCC(C)C(NC(=O)C(N)C(C)C)C(=O)NC(C)C(=O)NC(CO)C(=O)NCC(=O)NC(CCC(=O)O)C(=O)NC(CCCCN)C(=O)O. The molecule has 0 aromatic rings. The lowest BCUT2D eigenvalue weighted by Gasteiger charge is -2.27. The van der Waals surface area contributed by atoms with Crippen molar-refractivity contribution in [1.29, 1.82) is 0 Å². The summed E-state index contributed by atoms with van der Waals surface area (Å²) in [6.07, 6.45) is 0.531. The fraction of sp³-hybridized carbons (Fsp3) is 0.733. The smallest absolute Gasteiger partial charge is 0.326 e. The predicted octanol–water partition coefficient (Wildman–Crippen LogP) is -3.35. The third kappa shape index (κ3) is 17.0. The number of unbranched alkanes of at least 4 members (excludes halogenated alkanes) is 1. The van der Waals surface area contributed by atoms with Gasteiger partial charge in [0.05, 0.1) is 19.2 Å². The van der Waals surface area contributed by atoms with Crippen molar-refractivity contribution >= 4 is 47.4 Å². The minimum Gasteiger partial charge on any atom is -0.481 e. The highest BCUT2D eigenvalue weighted by Gasteiger charge is 2.32. The van der Waals surface area contributed by atoms with Crippen molar-refractivity contribution in [1.82, 2.24) is 31.9 Å². The number of carbonyl (C=O) groups is 8. The summed E-state index contributed by atoms with van der Waals surface area (Å²) in [5, 5.41) is 42.2. The lowest BCUT2D eigenvalue weighted by atomic mass is 9.96. The summed E-state index contributed by atoms with van der Waals surface area (Å²) in [5.41, 5.74) is 11.3. The van der Waals surface area contributed by atoms with Crippen LogP contribution >= 0.6 is 0 Å². The topological polar surface area (TPSA) is 321 Å². The van der Waals surface area contributed by atoms with Gasteiger partial charge in [-0.05, 0) is 51.0 Å². The van der Waals surface area contributed by atoms with Gasteiger partial charge in [-0.25, -0.2) is 4.79 Å². The van der Waals surface area contributed by atoms with Crippen molar-refractivity contribution in [2.75, 3.05) is 19.7 Å². The van der Waals surface area contributed by atoms with E-state index in [-0.39, 0.29) is 24.7 Å². The molecular weight excluding hydrogens is 648 g/mol. The molecule has 7 unspecified atom stereocenters. The zero-order chi connectivity index (χ0) is 37.8. The van der Waals surface area contributed by atoms with Crippen molar-refractivity contribution in [2.24, 2.45) is 23.3 Å². The second-order valence-corrected chi connectivity index (χ2v) is 12.1. The minimum absolute atomic E-state index is 0.0481. The van der Waals surface area contributed by atoms with Crippen LogP contribution in [0.5, 0.6) is 0 Å². The van der Waals surface area contributed by atoms with Crippen LogP contribution in [0.2, 0.25) is 0 Å². The number of aliphatic hydroxyl groups excluding tert-OH is 1. The lowest BCUT2D eigenvalue weighted by molar-refractivity contribution is -0.143. The van der Waals surface area contributed by atoms with Crippen molar-refractivity contribution in [3.63, 3.8) is 0 Å². The molecule has 0 saturated carbocycles. The number of hydrogen-bond acceptors (Lipinski definition) is 11. The monoisotopic (exact) mass is 702 g/mol. The largest absolute Gasteiger partial charge is 0.481 e. The second kappa shape index (κ2) is 23.1. The molecule has 0 bridgehead atoms. The Balaban J connectivity index is 5.34. The molecule has 0 aromatic heterocycles. The first kappa shape index (κ1) is 44.6. The molecular formula is C30H54N8O11. The summed E-state index contributed by atoms with van der Waals surface area (Å²) >= 11 is 0. The Labute approximate surface area is 285 Å². The van der Waals surface area contributed by atoms with Gasteiger partial charge >= 0.3 is 11.9 Å². The molecule has 7 atom stereocenters. The van der Waals surface area contributed by atoms with Gasteiger partial charge in [0.15, 0.2) is 0 Å². The molecule has 6 amide bonds. The van der Waals surface area contributed by atoms with Crippen molar-refractivity contribution in [3.05, 3.63) is 0 Å². The van der Waals surface area contributed by atoms with Gasteiger partial charge in [0.1, 0.15) is 30.2 Å². The number of rotatable bonds is 24. The van der Waals surface area contributed by atoms with E-state index in [9.17, 15) is 48.6 Å². The van der Waals surface area contributed by atoms with Crippen LogP contribution in [0.15, 0.2) is 0 Å². The number of aliphatic carboxylic acids is 2. The van der Waals surface area contributed by atoms with E-state index in [1.54, 1.807) is 20.8 Å². The quantitative estimate of drug-likeness (QED) is 0.0439. The van der Waals surface area contributed by atoms with Gasteiger partial charge in [-0.2, -0.15) is 0 Å². The number of aliphatic hydroxyl groups is 1. The highest BCUT2D eigenvalue weighted by Crippen LogP contribution is 2.10. The highest BCUT2D eigenvalue weighted by molar-refractivity contribution is 5.96. The van der Waals surface area contributed by atoms with Gasteiger partial charge < -0.3 is 58.7 Å². The number of carboxylic acid groups (broad SMARTS) is 2. The van der Waals surface area contributed by atoms with Crippen molar-refractivity contribution in [3.8, 4) is 0 Å². The number of hydrogen-bond donors (Lipinski definition) is 11. The Hall–Kier alpha value is -4.36. The van der Waals surface area contributed by atoms with E-state index in [4.69, 9.17) is 16.6 Å². The molecule has 0 fully saturated rings. The van der Waals surface area contributed by atoms with Gasteiger partial charge in [-0.1, -0.05) is 34.1 Å². The van der Waals surface area contributed by atoms with Crippen LogP contribution in [-0.4, -0.2) is 119 Å². The Morgan fingerprint density at radius 3 is 1.82 bits per heavy atom. The van der Waals surface area contributed by atoms with Gasteiger partial charge in [-0.15, -0.1) is 0 Å². The molecule has 0 aliphatic rings. The molecule has 0 heterocycles. The summed E-state index contributed by atoms with van der Waals surface area (Å²) < 4.78 is 0. The fourth-order valence-corrected chi connectivity index (χ4v) is 4.21. The summed E-state index contributed by atoms with van der Waals surface area (Å²) in [4.78, 5) is 99.0. The minimum atomic E-state index is -1.57. The van der Waals surface area contributed by atoms with E-state index in [0.29, 0.717) is 25.8 Å². The first-order valence-corrected chi connectivity index (χ1v) is 16.2. The van der Waals surface area contributed by atoms with E-state index in [0.717, 1.165) is 0 Å². The Kier molecular flexibility index (Phi) is 21.0. The molecule has 0 spiro atoms. The van der Waals surface area contributed by atoms with Crippen molar-refractivity contribution in [2.45, 2.75) is 109 Å². The van der Waals surface area contributed by atoms with Gasteiger partial charge in [0.2, 0.25) is 35.4 Å². The second-order valence-electron chi connectivity index (χ2n) is 12.1. The molecule has 0 aromatic carbocycles. The zero-order valence-electron chi connectivity index (χ0n) is 28.7. The first-order valence-electron chi connectivity index (χ1n) is 16.2. The average molecular weight is 703 g/mol. The van der Waals surface area contributed by atoms with E-state index in [1.807, 2.05) is 6.92 Å². The standard InChI is InChI=1S/C30H54N8O11/c1-6-16(4)24(38-28(46)23(32)15(2)3)29(47)34-17(5)25(43)37-20(14-39)26(44)33-13-21(40)35-18(10-11-22(41)42)27(45)36-19(30(48)49)9-7-8-12-31/h15-20,23-24,39H,6-14,31-32H2,1-5H3,(H,33,44)(H,34,47)(H,35,40)(H,36,45)(H,37,43)(H,38,46)(H,41,42)(H,48,49). The van der Waals surface area contributed by atoms with Crippen LogP contribution in [0, 0.1) is 11.8 Å². The molecule has 280 valence electrons. The number of amides is 6. The normalized spacial score (nSPS) is 15.3. The molecule has 0 radical (unpaired) electrons. The van der Waals surface area contributed by atoms with Crippen LogP contribution < -0.4 is 43.4 Å². The molecule has 19 heteroatoms. The van der Waals surface area contributed by atoms with Crippen LogP contribution in [-0.2, 0) is 38.4 Å².